The zero-order valence-corrected chi connectivity index (χ0v) is 27.1. The first kappa shape index (κ1) is 30.7. The summed E-state index contributed by atoms with van der Waals surface area (Å²) in [4.78, 5) is 0. The Bertz CT molecular complexity index is 1050. The van der Waals surface area contributed by atoms with Gasteiger partial charge in [-0.3, -0.25) is 0 Å². The Hall–Kier alpha value is -1.83. The number of hydrogen-bond donors (Lipinski definition) is 0. The molecule has 208 valence electrons. The van der Waals surface area contributed by atoms with E-state index in [-0.39, 0.29) is 0 Å². The number of para-hydroxylation sites is 2. The molecule has 0 atom stereocenters. The normalized spacial score (nSPS) is 12.0. The molecule has 1 aromatic heterocycles. The van der Waals surface area contributed by atoms with E-state index in [1.807, 2.05) is 0 Å². The van der Waals surface area contributed by atoms with E-state index >= 15 is 0 Å². The van der Waals surface area contributed by atoms with Crippen molar-refractivity contribution in [2.45, 2.75) is 130 Å². The molecule has 0 fully saturated rings. The molecule has 0 radical (unpaired) electrons. The Morgan fingerprint density at radius 2 is 0.711 bits per heavy atom. The third-order valence-electron chi connectivity index (χ3n) is 9.16. The van der Waals surface area contributed by atoms with E-state index in [9.17, 15) is 0 Å². The van der Waals surface area contributed by atoms with Crippen LogP contribution in [0, 0.1) is 4.32 Å². The summed E-state index contributed by atoms with van der Waals surface area (Å²) < 4.78 is 6.13. The van der Waals surface area contributed by atoms with Crippen molar-refractivity contribution in [3.63, 3.8) is 0 Å². The van der Waals surface area contributed by atoms with Gasteiger partial charge in [-0.25, -0.2) is 0 Å². The molecule has 1 heterocycles. The van der Waals surface area contributed by atoms with Crippen LogP contribution in [0.5, 0.6) is 0 Å². The fourth-order valence-corrected chi connectivity index (χ4v) is 7.30. The van der Waals surface area contributed by atoms with E-state index in [1.165, 1.54) is 38.0 Å². The van der Waals surface area contributed by atoms with Gasteiger partial charge in [0.1, 0.15) is 0 Å². The monoisotopic (exact) mass is 580 g/mol. The fraction of sp³-hybridized carbons (Fsp3) is 0.571. The standard InChI is InChI=1S/C35H52N2Se/c1-9-25(10-2)29-19-17-20-30(26(11-3)12-4)33(29)36-23-24-37(35(36)38)34-31(27(13-5)14-6)21-18-22-32(34)28(15-7)16-8/h17-28H,9-16H2,1-8H3. The molecule has 0 amide bonds. The number of hydrogen-bond acceptors (Lipinski definition) is 0. The van der Waals surface area contributed by atoms with Crippen LogP contribution in [0.3, 0.4) is 0 Å². The van der Waals surface area contributed by atoms with E-state index in [2.05, 4.69) is 129 Å². The second-order valence-electron chi connectivity index (χ2n) is 10.9. The summed E-state index contributed by atoms with van der Waals surface area (Å²) in [7, 11) is 0. The van der Waals surface area contributed by atoms with Crippen LogP contribution in [-0.4, -0.2) is 24.7 Å². The molecule has 2 aromatic carbocycles. The molecule has 0 aliphatic heterocycles. The average Bonchev–Trinajstić information content (AvgIpc) is 3.32. The van der Waals surface area contributed by atoms with Gasteiger partial charge < -0.3 is 0 Å². The Labute approximate surface area is 241 Å². The molecule has 0 saturated heterocycles. The quantitative estimate of drug-likeness (QED) is 0.168. The molecule has 2 nitrogen and oxygen atoms in total. The predicted octanol–water partition coefficient (Wildman–Crippen LogP) is 10.6. The third-order valence-corrected chi connectivity index (χ3v) is 9.98. The average molecular weight is 580 g/mol. The van der Waals surface area contributed by atoms with E-state index in [0.717, 1.165) is 51.4 Å². The van der Waals surface area contributed by atoms with Gasteiger partial charge in [-0.05, 0) is 0 Å². The molecule has 3 rings (SSSR count). The van der Waals surface area contributed by atoms with Crippen molar-refractivity contribution in [2.24, 2.45) is 0 Å². The first-order valence-electron chi connectivity index (χ1n) is 15.5. The van der Waals surface area contributed by atoms with Gasteiger partial charge in [0.05, 0.1) is 0 Å². The summed E-state index contributed by atoms with van der Waals surface area (Å²) in [5.74, 6) is 2.25. The van der Waals surface area contributed by atoms with Crippen LogP contribution in [0.15, 0.2) is 48.8 Å². The molecule has 0 spiro atoms. The fourth-order valence-electron chi connectivity index (χ4n) is 6.67. The summed E-state index contributed by atoms with van der Waals surface area (Å²) >= 11 is 3.55. The Morgan fingerprint density at radius 1 is 0.474 bits per heavy atom. The van der Waals surface area contributed by atoms with Crippen LogP contribution in [0.4, 0.5) is 0 Å². The van der Waals surface area contributed by atoms with E-state index in [4.69, 9.17) is 0 Å². The Kier molecular flexibility index (Phi) is 11.7. The maximum absolute atomic E-state index is 3.55. The van der Waals surface area contributed by atoms with Gasteiger partial charge in [0.25, 0.3) is 0 Å². The van der Waals surface area contributed by atoms with Crippen molar-refractivity contribution in [3.05, 3.63) is 75.4 Å². The van der Waals surface area contributed by atoms with Crippen molar-refractivity contribution in [1.82, 2.24) is 9.13 Å². The van der Waals surface area contributed by atoms with Gasteiger partial charge in [0.15, 0.2) is 0 Å². The van der Waals surface area contributed by atoms with Crippen LogP contribution < -0.4 is 0 Å². The van der Waals surface area contributed by atoms with Gasteiger partial charge >= 0.3 is 242 Å². The number of rotatable bonds is 14. The zero-order valence-electron chi connectivity index (χ0n) is 25.4. The molecular weight excluding hydrogens is 527 g/mol. The van der Waals surface area contributed by atoms with E-state index < -0.39 is 0 Å². The minimum absolute atomic E-state index is 0.562. The van der Waals surface area contributed by atoms with Crippen molar-refractivity contribution >= 4 is 15.6 Å². The Morgan fingerprint density at radius 3 is 0.921 bits per heavy atom. The third kappa shape index (κ3) is 6.00. The minimum atomic E-state index is 0.562. The molecule has 38 heavy (non-hydrogen) atoms. The van der Waals surface area contributed by atoms with Gasteiger partial charge in [-0.15, -0.1) is 0 Å². The molecular formula is C35H52N2Se. The van der Waals surface area contributed by atoms with Crippen molar-refractivity contribution in [3.8, 4) is 11.4 Å². The second kappa shape index (κ2) is 14.5. The molecule has 0 aliphatic carbocycles. The first-order valence-corrected chi connectivity index (χ1v) is 16.4. The molecule has 0 N–H and O–H groups in total. The van der Waals surface area contributed by atoms with Crippen molar-refractivity contribution in [1.29, 1.82) is 0 Å². The summed E-state index contributed by atoms with van der Waals surface area (Å²) in [6, 6.07) is 14.1. The zero-order chi connectivity index (χ0) is 27.8. The number of aromatic nitrogens is 2. The van der Waals surface area contributed by atoms with Crippen LogP contribution in [0.2, 0.25) is 0 Å². The second-order valence-corrected chi connectivity index (χ2v) is 11.7. The SMILES string of the molecule is CCC(CC)c1cccc(C(CC)CC)c1-n1ccn(-c2c(C(CC)CC)cccc2C(CC)CC)c1=[Se]. The van der Waals surface area contributed by atoms with Gasteiger partial charge in [-0.2, -0.15) is 0 Å². The summed E-state index contributed by atoms with van der Waals surface area (Å²) in [5, 5.41) is 0. The summed E-state index contributed by atoms with van der Waals surface area (Å²) in [6.45, 7) is 18.7. The molecule has 0 aliphatic rings. The molecule has 0 saturated carbocycles. The summed E-state index contributed by atoms with van der Waals surface area (Å²) in [5.41, 5.74) is 8.79. The molecule has 0 bridgehead atoms. The predicted molar refractivity (Wildman–Crippen MR) is 167 cm³/mol. The maximum atomic E-state index is 3.55. The van der Waals surface area contributed by atoms with Crippen molar-refractivity contribution < 1.29 is 0 Å². The van der Waals surface area contributed by atoms with Gasteiger partial charge in [0, 0.05) is 0 Å². The Balaban J connectivity index is 2.38. The number of imidazole rings is 1. The van der Waals surface area contributed by atoms with Crippen LogP contribution in [-0.2, 0) is 0 Å². The van der Waals surface area contributed by atoms with Gasteiger partial charge in [0.2, 0.25) is 0 Å². The van der Waals surface area contributed by atoms with E-state index in [1.54, 1.807) is 0 Å². The molecule has 3 aromatic rings. The summed E-state index contributed by atoms with van der Waals surface area (Å²) in [6.07, 6.45) is 13.9. The first-order chi connectivity index (χ1) is 18.4. The van der Waals surface area contributed by atoms with Crippen molar-refractivity contribution in [2.75, 3.05) is 0 Å². The topological polar surface area (TPSA) is 9.86 Å². The molecule has 3 heteroatoms. The van der Waals surface area contributed by atoms with Crippen LogP contribution >= 0.6 is 0 Å². The molecule has 0 unspecified atom stereocenters. The van der Waals surface area contributed by atoms with Crippen LogP contribution in [0.1, 0.15) is 153 Å². The van der Waals surface area contributed by atoms with E-state index in [0.29, 0.717) is 23.7 Å². The van der Waals surface area contributed by atoms with Crippen LogP contribution in [0.25, 0.3) is 11.4 Å². The number of nitrogens with zero attached hydrogens (tertiary/aromatic N) is 2. The van der Waals surface area contributed by atoms with Gasteiger partial charge in [-0.1, -0.05) is 0 Å². The number of benzene rings is 2.